The maximum absolute atomic E-state index is 13.2. The zero-order valence-electron chi connectivity index (χ0n) is 71.0. The van der Waals surface area contributed by atoms with Gasteiger partial charge in [-0.3, -0.25) is 37.3 Å². The van der Waals surface area contributed by atoms with Crippen molar-refractivity contribution in [1.82, 2.24) is 0 Å². The molecule has 108 heavy (non-hydrogen) atoms. The molecule has 0 saturated heterocycles. The van der Waals surface area contributed by atoms with Gasteiger partial charge in [0.1, 0.15) is 19.3 Å². The van der Waals surface area contributed by atoms with E-state index in [1.54, 1.807) is 0 Å². The third-order valence-corrected chi connectivity index (χ3v) is 23.3. The van der Waals surface area contributed by atoms with Crippen LogP contribution in [0.2, 0.25) is 0 Å². The lowest BCUT2D eigenvalue weighted by Crippen LogP contribution is -2.30. The normalized spacial score (nSPS) is 14.0. The van der Waals surface area contributed by atoms with E-state index in [2.05, 4.69) is 34.6 Å². The first-order valence-corrected chi connectivity index (χ1v) is 49.2. The number of hydrogen-bond acceptors (Lipinski definition) is 15. The Morgan fingerprint density at radius 3 is 0.657 bits per heavy atom. The number of esters is 4. The van der Waals surface area contributed by atoms with Gasteiger partial charge in [-0.2, -0.15) is 0 Å². The summed E-state index contributed by atoms with van der Waals surface area (Å²) in [6.07, 6.45) is 76.7. The topological polar surface area (TPSA) is 237 Å². The second kappa shape index (κ2) is 81.6. The molecule has 0 radical (unpaired) electrons. The van der Waals surface area contributed by atoms with Gasteiger partial charge in [-0.05, 0) is 31.6 Å². The molecule has 0 aliphatic rings. The summed E-state index contributed by atoms with van der Waals surface area (Å²) in [5.41, 5.74) is 0. The molecule has 0 heterocycles. The minimum Gasteiger partial charge on any atom is -0.462 e. The molecule has 17 nitrogen and oxygen atoms in total. The molecule has 0 fully saturated rings. The molecule has 0 aliphatic carbocycles. The summed E-state index contributed by atoms with van der Waals surface area (Å²) in [6, 6.07) is 0. The van der Waals surface area contributed by atoms with Crippen molar-refractivity contribution in [2.45, 2.75) is 502 Å². The molecule has 3 unspecified atom stereocenters. The van der Waals surface area contributed by atoms with Gasteiger partial charge in [0, 0.05) is 25.7 Å². The smallest absolute Gasteiger partial charge is 0.462 e. The fourth-order valence-electron chi connectivity index (χ4n) is 14.0. The van der Waals surface area contributed by atoms with Crippen molar-refractivity contribution in [2.24, 2.45) is 5.92 Å². The number of aliphatic hydroxyl groups is 1. The number of phosphoric ester groups is 2. The maximum Gasteiger partial charge on any atom is 0.472 e. The van der Waals surface area contributed by atoms with Gasteiger partial charge < -0.3 is 33.8 Å². The Morgan fingerprint density at radius 1 is 0.259 bits per heavy atom. The van der Waals surface area contributed by atoms with Crippen LogP contribution < -0.4 is 0 Å². The molecular weight excluding hydrogens is 1400 g/mol. The average Bonchev–Trinajstić information content (AvgIpc) is 0.900. The molecule has 19 heteroatoms. The second-order valence-electron chi connectivity index (χ2n) is 32.2. The number of unbranched alkanes of at least 4 members (excludes halogenated alkanes) is 60. The number of hydrogen-bond donors (Lipinski definition) is 3. The van der Waals surface area contributed by atoms with Gasteiger partial charge in [0.15, 0.2) is 12.2 Å². The highest BCUT2D eigenvalue weighted by molar-refractivity contribution is 7.47. The Labute approximate surface area is 664 Å². The highest BCUT2D eigenvalue weighted by atomic mass is 31.2. The molecule has 0 rings (SSSR count). The summed E-state index contributed by atoms with van der Waals surface area (Å²) in [4.78, 5) is 73.1. The minimum absolute atomic E-state index is 0.109. The number of phosphoric acid groups is 2. The van der Waals surface area contributed by atoms with E-state index < -0.39 is 97.5 Å². The van der Waals surface area contributed by atoms with E-state index in [-0.39, 0.29) is 25.7 Å². The van der Waals surface area contributed by atoms with Crippen LogP contribution in [0.3, 0.4) is 0 Å². The van der Waals surface area contributed by atoms with E-state index in [9.17, 15) is 43.2 Å². The van der Waals surface area contributed by atoms with Crippen LogP contribution in [-0.4, -0.2) is 96.7 Å². The summed E-state index contributed by atoms with van der Waals surface area (Å²) in [6.45, 7) is 7.40. The first kappa shape index (κ1) is 106. The Hall–Kier alpha value is -1.94. The van der Waals surface area contributed by atoms with Crippen LogP contribution in [0, 0.1) is 5.92 Å². The summed E-state index contributed by atoms with van der Waals surface area (Å²) >= 11 is 0. The SMILES string of the molecule is CCCCCCCCCCCCCCCCCCCCCCCCC(=O)OC[C@H](COP(=O)(O)OC[C@@H](O)COP(=O)(O)OC[C@@H](COC(=O)CCCCCCCCC)OC(=O)CCCCCCCCCCCCCCCCCCC)OC(=O)CCCCCCCCCCCCCCCCCCCCC(C)CC. The van der Waals surface area contributed by atoms with Crippen molar-refractivity contribution in [1.29, 1.82) is 0 Å². The third kappa shape index (κ3) is 80.7. The van der Waals surface area contributed by atoms with Crippen LogP contribution in [0.1, 0.15) is 484 Å². The van der Waals surface area contributed by atoms with Crippen molar-refractivity contribution in [3.63, 3.8) is 0 Å². The number of ether oxygens (including phenoxy) is 4. The van der Waals surface area contributed by atoms with Gasteiger partial charge >= 0.3 is 39.5 Å². The van der Waals surface area contributed by atoms with E-state index in [1.165, 1.54) is 295 Å². The largest absolute Gasteiger partial charge is 0.472 e. The van der Waals surface area contributed by atoms with E-state index in [1.807, 2.05) is 0 Å². The monoisotopic (exact) mass is 1580 g/mol. The molecule has 0 aromatic heterocycles. The first-order valence-electron chi connectivity index (χ1n) is 46.2. The van der Waals surface area contributed by atoms with Crippen LogP contribution >= 0.6 is 15.6 Å². The number of carbonyl (C=O) groups is 4. The van der Waals surface area contributed by atoms with Gasteiger partial charge in [0.25, 0.3) is 0 Å². The van der Waals surface area contributed by atoms with Gasteiger partial charge in [0.05, 0.1) is 26.4 Å². The van der Waals surface area contributed by atoms with E-state index in [4.69, 9.17) is 37.0 Å². The van der Waals surface area contributed by atoms with Crippen molar-refractivity contribution in [2.75, 3.05) is 39.6 Å². The van der Waals surface area contributed by atoms with E-state index in [0.717, 1.165) is 109 Å². The predicted octanol–water partition coefficient (Wildman–Crippen LogP) is 27.5. The van der Waals surface area contributed by atoms with Crippen LogP contribution in [-0.2, 0) is 65.4 Å². The van der Waals surface area contributed by atoms with Gasteiger partial charge in [0.2, 0.25) is 0 Å². The highest BCUT2D eigenvalue weighted by Crippen LogP contribution is 2.45. The average molecular weight is 1580 g/mol. The van der Waals surface area contributed by atoms with Gasteiger partial charge in [-0.25, -0.2) is 9.13 Å². The molecule has 0 amide bonds. The van der Waals surface area contributed by atoms with Crippen LogP contribution in [0.4, 0.5) is 0 Å². The molecule has 0 aromatic rings. The lowest BCUT2D eigenvalue weighted by Gasteiger charge is -2.21. The molecule has 6 atom stereocenters. The maximum atomic E-state index is 13.2. The van der Waals surface area contributed by atoms with E-state index >= 15 is 0 Å². The highest BCUT2D eigenvalue weighted by Gasteiger charge is 2.31. The Bertz CT molecular complexity index is 2050. The molecule has 0 saturated carbocycles. The predicted molar refractivity (Wildman–Crippen MR) is 446 cm³/mol. The van der Waals surface area contributed by atoms with Crippen LogP contribution in [0.25, 0.3) is 0 Å². The molecule has 3 N–H and O–H groups in total. The zero-order valence-corrected chi connectivity index (χ0v) is 72.8. The van der Waals surface area contributed by atoms with Gasteiger partial charge in [-0.15, -0.1) is 0 Å². The molecule has 0 spiro atoms. The van der Waals surface area contributed by atoms with Crippen molar-refractivity contribution in [3.05, 3.63) is 0 Å². The number of aliphatic hydroxyl groups excluding tert-OH is 1. The second-order valence-corrected chi connectivity index (χ2v) is 35.1. The Morgan fingerprint density at radius 2 is 0.444 bits per heavy atom. The molecule has 642 valence electrons. The fraction of sp³-hybridized carbons (Fsp3) is 0.955. The molecule has 0 aromatic carbocycles. The number of carbonyl (C=O) groups excluding carboxylic acids is 4. The minimum atomic E-state index is -4.97. The van der Waals surface area contributed by atoms with Crippen molar-refractivity contribution in [3.8, 4) is 0 Å². The van der Waals surface area contributed by atoms with Crippen molar-refractivity contribution >= 4 is 39.5 Å². The summed E-state index contributed by atoms with van der Waals surface area (Å²) in [5.74, 6) is -1.23. The Balaban J connectivity index is 5.14. The summed E-state index contributed by atoms with van der Waals surface area (Å²) in [5, 5.41) is 10.7. The Kier molecular flexibility index (Phi) is 80.2. The molecule has 0 aliphatic heterocycles. The van der Waals surface area contributed by atoms with Crippen molar-refractivity contribution < 1.29 is 80.2 Å². The quantitative estimate of drug-likeness (QED) is 0.0222. The van der Waals surface area contributed by atoms with Gasteiger partial charge in [-0.1, -0.05) is 433 Å². The fourth-order valence-corrected chi connectivity index (χ4v) is 15.5. The van der Waals surface area contributed by atoms with E-state index in [0.29, 0.717) is 25.7 Å². The van der Waals surface area contributed by atoms with Crippen LogP contribution in [0.5, 0.6) is 0 Å². The lowest BCUT2D eigenvalue weighted by molar-refractivity contribution is -0.161. The molecular formula is C89H174O17P2. The lowest BCUT2D eigenvalue weighted by atomic mass is 9.99. The third-order valence-electron chi connectivity index (χ3n) is 21.4. The zero-order chi connectivity index (χ0) is 79.0. The molecule has 0 bridgehead atoms. The first-order chi connectivity index (χ1) is 52.6. The van der Waals surface area contributed by atoms with Crippen LogP contribution in [0.15, 0.2) is 0 Å². The standard InChI is InChI=1S/C89H174O17P2/c1-6-10-13-16-19-21-23-25-27-29-30-31-32-33-38-41-45-49-53-58-63-68-73-87(92)100-79-85(106-89(94)75-70-65-60-55-51-47-43-39-35-34-37-40-44-48-52-57-61-66-71-82(5)9-4)81-104-108(97,98)102-77-83(90)76-101-107(95,96)103-80-84(78-99-86(91)72-67-62-56-18-15-12-8-3)105-88(93)74-69-64-59-54-50-46-42-36-28-26-24-22-20-17-14-11-7-2/h82-85,90H,6-81H2,1-5H3,(H,95,96)(H,97,98)/t82?,83-,84+,85+/m0/s1. The summed E-state index contributed by atoms with van der Waals surface area (Å²) < 4.78 is 68.8. The number of rotatable bonds is 89. The summed E-state index contributed by atoms with van der Waals surface area (Å²) in [7, 11) is -9.92.